The van der Waals surface area contributed by atoms with Crippen molar-refractivity contribution < 1.29 is 23.7 Å². The number of hydrogen-bond acceptors (Lipinski definition) is 5. The SMILES string of the molecule is COC1(OC)OC[C@H]2CCCC[C@@H]2[C@H]1CCCOC(C)=O. The molecule has 0 radical (unpaired) electrons. The Hall–Kier alpha value is -0.650. The highest BCUT2D eigenvalue weighted by molar-refractivity contribution is 5.65. The van der Waals surface area contributed by atoms with Crippen LogP contribution in [0.3, 0.4) is 0 Å². The second-order valence-corrected chi connectivity index (χ2v) is 6.12. The van der Waals surface area contributed by atoms with E-state index < -0.39 is 5.97 Å². The zero-order valence-electron chi connectivity index (χ0n) is 13.4. The zero-order chi connectivity index (χ0) is 15.3. The van der Waals surface area contributed by atoms with Crippen LogP contribution in [0.25, 0.3) is 0 Å². The molecule has 0 amide bonds. The molecule has 0 spiro atoms. The van der Waals surface area contributed by atoms with Gasteiger partial charge in [-0.15, -0.1) is 0 Å². The van der Waals surface area contributed by atoms with Gasteiger partial charge in [0.25, 0.3) is 5.97 Å². The first kappa shape index (κ1) is 16.7. The van der Waals surface area contributed by atoms with E-state index in [1.165, 1.54) is 32.6 Å². The molecule has 0 bridgehead atoms. The number of rotatable bonds is 6. The predicted octanol–water partition coefficient (Wildman–Crippen LogP) is 2.73. The molecule has 1 saturated heterocycles. The Labute approximate surface area is 127 Å². The van der Waals surface area contributed by atoms with Crippen molar-refractivity contribution in [2.45, 2.75) is 51.4 Å². The van der Waals surface area contributed by atoms with Gasteiger partial charge in [-0.3, -0.25) is 4.79 Å². The van der Waals surface area contributed by atoms with Crippen molar-refractivity contribution in [3.8, 4) is 0 Å². The van der Waals surface area contributed by atoms with Crippen LogP contribution in [0, 0.1) is 17.8 Å². The van der Waals surface area contributed by atoms with E-state index >= 15 is 0 Å². The molecule has 1 saturated carbocycles. The summed E-state index contributed by atoms with van der Waals surface area (Å²) in [6.07, 6.45) is 6.69. The average molecular weight is 300 g/mol. The highest BCUT2D eigenvalue weighted by Crippen LogP contribution is 2.47. The Morgan fingerprint density at radius 3 is 2.62 bits per heavy atom. The van der Waals surface area contributed by atoms with Gasteiger partial charge in [0.05, 0.1) is 13.2 Å². The molecule has 0 N–H and O–H groups in total. The largest absolute Gasteiger partial charge is 0.466 e. The Balaban J connectivity index is 2.02. The molecular formula is C16H28O5. The lowest BCUT2D eigenvalue weighted by atomic mass is 9.69. The lowest BCUT2D eigenvalue weighted by molar-refractivity contribution is -0.418. The zero-order valence-corrected chi connectivity index (χ0v) is 13.4. The smallest absolute Gasteiger partial charge is 0.302 e. The topological polar surface area (TPSA) is 54.0 Å². The van der Waals surface area contributed by atoms with E-state index in [2.05, 4.69) is 0 Å². The van der Waals surface area contributed by atoms with Gasteiger partial charge in [0.1, 0.15) is 0 Å². The van der Waals surface area contributed by atoms with E-state index in [-0.39, 0.29) is 11.9 Å². The van der Waals surface area contributed by atoms with E-state index in [9.17, 15) is 4.79 Å². The Kier molecular flexibility index (Phi) is 6.02. The molecule has 5 heteroatoms. The number of fused-ring (bicyclic) bond motifs is 1. The molecule has 3 atom stereocenters. The third-order valence-electron chi connectivity index (χ3n) is 4.97. The summed E-state index contributed by atoms with van der Waals surface area (Å²) < 4.78 is 22.2. The van der Waals surface area contributed by atoms with Crippen LogP contribution < -0.4 is 0 Å². The number of esters is 1. The highest BCUT2D eigenvalue weighted by atomic mass is 16.9. The normalized spacial score (nSPS) is 31.5. The van der Waals surface area contributed by atoms with E-state index in [1.807, 2.05) is 0 Å². The Morgan fingerprint density at radius 1 is 1.24 bits per heavy atom. The molecule has 2 fully saturated rings. The predicted molar refractivity (Wildman–Crippen MR) is 77.5 cm³/mol. The van der Waals surface area contributed by atoms with Crippen LogP contribution in [0.2, 0.25) is 0 Å². The van der Waals surface area contributed by atoms with Crippen LogP contribution in [0.15, 0.2) is 0 Å². The third-order valence-corrected chi connectivity index (χ3v) is 4.97. The van der Waals surface area contributed by atoms with Crippen molar-refractivity contribution >= 4 is 5.97 Å². The second-order valence-electron chi connectivity index (χ2n) is 6.12. The lowest BCUT2D eigenvalue weighted by Gasteiger charge is -2.50. The first-order valence-electron chi connectivity index (χ1n) is 8.00. The van der Waals surface area contributed by atoms with Gasteiger partial charge < -0.3 is 18.9 Å². The van der Waals surface area contributed by atoms with Crippen LogP contribution in [0.5, 0.6) is 0 Å². The van der Waals surface area contributed by atoms with Crippen LogP contribution in [-0.2, 0) is 23.7 Å². The molecule has 2 aliphatic rings. The van der Waals surface area contributed by atoms with Crippen molar-refractivity contribution in [2.24, 2.45) is 17.8 Å². The average Bonchev–Trinajstić information content (AvgIpc) is 2.51. The van der Waals surface area contributed by atoms with Crippen molar-refractivity contribution in [3.05, 3.63) is 0 Å². The van der Waals surface area contributed by atoms with Gasteiger partial charge in [-0.25, -0.2) is 0 Å². The van der Waals surface area contributed by atoms with Crippen LogP contribution in [-0.4, -0.2) is 39.4 Å². The van der Waals surface area contributed by atoms with Gasteiger partial charge in [-0.2, -0.15) is 0 Å². The van der Waals surface area contributed by atoms with E-state index in [1.54, 1.807) is 14.2 Å². The number of hydrogen-bond donors (Lipinski definition) is 0. The molecule has 21 heavy (non-hydrogen) atoms. The van der Waals surface area contributed by atoms with E-state index in [4.69, 9.17) is 18.9 Å². The number of methoxy groups -OCH3 is 2. The van der Waals surface area contributed by atoms with Gasteiger partial charge >= 0.3 is 5.97 Å². The van der Waals surface area contributed by atoms with Gasteiger partial charge in [-0.05, 0) is 37.5 Å². The maximum atomic E-state index is 10.9. The van der Waals surface area contributed by atoms with Crippen molar-refractivity contribution in [1.82, 2.24) is 0 Å². The number of carbonyl (C=O) groups excluding carboxylic acids is 1. The molecular weight excluding hydrogens is 272 g/mol. The molecule has 2 rings (SSSR count). The highest BCUT2D eigenvalue weighted by Gasteiger charge is 2.51. The quantitative estimate of drug-likeness (QED) is 0.429. The maximum Gasteiger partial charge on any atom is 0.302 e. The third kappa shape index (κ3) is 3.76. The standard InChI is InChI=1S/C16H28O5/c1-12(17)20-10-6-9-15-14-8-5-4-7-13(14)11-21-16(15,18-2)19-3/h13-15H,4-11H2,1-3H3/t13-,14+,15-/m1/s1. The fourth-order valence-corrected chi connectivity index (χ4v) is 3.98. The van der Waals surface area contributed by atoms with Crippen LogP contribution in [0.1, 0.15) is 45.4 Å². The molecule has 0 unspecified atom stereocenters. The van der Waals surface area contributed by atoms with Gasteiger partial charge in [0.2, 0.25) is 0 Å². The van der Waals surface area contributed by atoms with Crippen molar-refractivity contribution in [3.63, 3.8) is 0 Å². The minimum Gasteiger partial charge on any atom is -0.466 e. The fraction of sp³-hybridized carbons (Fsp3) is 0.938. The molecule has 1 aliphatic carbocycles. The summed E-state index contributed by atoms with van der Waals surface area (Å²) in [6.45, 7) is 2.61. The van der Waals surface area contributed by atoms with Crippen molar-refractivity contribution in [2.75, 3.05) is 27.4 Å². The summed E-state index contributed by atoms with van der Waals surface area (Å²) in [4.78, 5) is 10.9. The van der Waals surface area contributed by atoms with Gasteiger partial charge in [-0.1, -0.05) is 12.8 Å². The van der Waals surface area contributed by atoms with Gasteiger partial charge in [0.15, 0.2) is 0 Å². The summed E-state index contributed by atoms with van der Waals surface area (Å²) in [6, 6.07) is 0. The first-order chi connectivity index (χ1) is 10.1. The fourth-order valence-electron chi connectivity index (χ4n) is 3.98. The number of carbonyl (C=O) groups is 1. The molecule has 0 aromatic rings. The maximum absolute atomic E-state index is 10.9. The molecule has 1 aliphatic heterocycles. The van der Waals surface area contributed by atoms with Crippen LogP contribution >= 0.6 is 0 Å². The second kappa shape index (κ2) is 7.56. The first-order valence-corrected chi connectivity index (χ1v) is 8.00. The Bertz CT molecular complexity index is 340. The van der Waals surface area contributed by atoms with E-state index in [0.29, 0.717) is 25.0 Å². The minimum absolute atomic E-state index is 0.196. The molecule has 0 aromatic heterocycles. The summed E-state index contributed by atoms with van der Waals surface area (Å²) in [5.74, 6) is 0.215. The lowest BCUT2D eigenvalue weighted by Crippen LogP contribution is -2.55. The van der Waals surface area contributed by atoms with Crippen LogP contribution in [0.4, 0.5) is 0 Å². The minimum atomic E-state index is -0.936. The molecule has 122 valence electrons. The summed E-state index contributed by atoms with van der Waals surface area (Å²) in [5.41, 5.74) is 0. The van der Waals surface area contributed by atoms with Crippen molar-refractivity contribution in [1.29, 1.82) is 0 Å². The molecule has 5 nitrogen and oxygen atoms in total. The summed E-state index contributed by atoms with van der Waals surface area (Å²) in [5, 5.41) is 0. The summed E-state index contributed by atoms with van der Waals surface area (Å²) >= 11 is 0. The number of ether oxygens (including phenoxy) is 4. The van der Waals surface area contributed by atoms with E-state index in [0.717, 1.165) is 12.8 Å². The molecule has 0 aromatic carbocycles. The molecule has 1 heterocycles. The summed E-state index contributed by atoms with van der Waals surface area (Å²) in [7, 11) is 3.29. The Morgan fingerprint density at radius 2 is 1.95 bits per heavy atom. The van der Waals surface area contributed by atoms with Gasteiger partial charge in [0, 0.05) is 27.1 Å². The monoisotopic (exact) mass is 300 g/mol.